The van der Waals surface area contributed by atoms with Crippen LogP contribution in [0.1, 0.15) is 58.8 Å². The lowest BCUT2D eigenvalue weighted by molar-refractivity contribution is -0.0221. The fourth-order valence-corrected chi connectivity index (χ4v) is 1.66. The Morgan fingerprint density at radius 1 is 1.41 bits per heavy atom. The van der Waals surface area contributed by atoms with E-state index in [9.17, 15) is 0 Å². The van der Waals surface area contributed by atoms with Gasteiger partial charge in [0, 0.05) is 6.61 Å². The second-order valence-corrected chi connectivity index (χ2v) is 5.14. The Hall–Kier alpha value is -0.940. The Morgan fingerprint density at radius 3 is 2.59 bits per heavy atom. The predicted octanol–water partition coefficient (Wildman–Crippen LogP) is 2.39. The van der Waals surface area contributed by atoms with Gasteiger partial charge >= 0.3 is 0 Å². The van der Waals surface area contributed by atoms with Crippen molar-refractivity contribution in [2.75, 3.05) is 6.61 Å². The van der Waals surface area contributed by atoms with Gasteiger partial charge in [-0.15, -0.1) is 0 Å². The molecule has 5 nitrogen and oxygen atoms in total. The van der Waals surface area contributed by atoms with Crippen LogP contribution in [-0.2, 0) is 10.3 Å². The van der Waals surface area contributed by atoms with E-state index in [-0.39, 0.29) is 6.04 Å². The third-order valence-corrected chi connectivity index (χ3v) is 2.53. The van der Waals surface area contributed by atoms with Crippen LogP contribution in [0.2, 0.25) is 0 Å². The number of hydrogen-bond donors (Lipinski definition) is 1. The van der Waals surface area contributed by atoms with Gasteiger partial charge in [0.15, 0.2) is 0 Å². The maximum atomic E-state index is 5.99. The van der Waals surface area contributed by atoms with Crippen LogP contribution in [-0.4, -0.2) is 16.7 Å². The lowest BCUT2D eigenvalue weighted by Gasteiger charge is -2.19. The molecule has 1 heterocycles. The molecule has 0 fully saturated rings. The van der Waals surface area contributed by atoms with E-state index in [2.05, 4.69) is 24.0 Å². The van der Waals surface area contributed by atoms with E-state index in [1.165, 1.54) is 0 Å². The van der Waals surface area contributed by atoms with Crippen molar-refractivity contribution >= 4 is 0 Å². The molecule has 1 aromatic heterocycles. The number of ether oxygens (including phenoxy) is 1. The van der Waals surface area contributed by atoms with Crippen LogP contribution in [0.3, 0.4) is 0 Å². The molecule has 0 aliphatic carbocycles. The molecule has 0 aromatic carbocycles. The van der Waals surface area contributed by atoms with Crippen LogP contribution < -0.4 is 5.73 Å². The SMILES string of the molecule is CCOC(C)(C)c1noc(C(N)CC(C)C)n1. The fourth-order valence-electron chi connectivity index (χ4n) is 1.66. The number of aromatic nitrogens is 2. The molecule has 1 rings (SSSR count). The number of nitrogens with zero attached hydrogens (tertiary/aromatic N) is 2. The largest absolute Gasteiger partial charge is 0.368 e. The van der Waals surface area contributed by atoms with E-state index in [4.69, 9.17) is 15.0 Å². The first-order chi connectivity index (χ1) is 7.86. The van der Waals surface area contributed by atoms with Crippen molar-refractivity contribution in [2.24, 2.45) is 11.7 Å². The Labute approximate surface area is 103 Å². The fraction of sp³-hybridized carbons (Fsp3) is 0.833. The molecule has 0 bridgehead atoms. The molecule has 5 heteroatoms. The van der Waals surface area contributed by atoms with E-state index < -0.39 is 5.60 Å². The number of hydrogen-bond acceptors (Lipinski definition) is 5. The average molecular weight is 241 g/mol. The molecule has 0 aliphatic rings. The van der Waals surface area contributed by atoms with E-state index in [0.717, 1.165) is 6.42 Å². The number of rotatable bonds is 6. The topological polar surface area (TPSA) is 74.2 Å². The quantitative estimate of drug-likeness (QED) is 0.827. The first kappa shape index (κ1) is 14.1. The zero-order valence-corrected chi connectivity index (χ0v) is 11.4. The Morgan fingerprint density at radius 2 is 2.06 bits per heavy atom. The van der Waals surface area contributed by atoms with E-state index >= 15 is 0 Å². The highest BCUT2D eigenvalue weighted by Crippen LogP contribution is 2.24. The van der Waals surface area contributed by atoms with Crippen LogP contribution >= 0.6 is 0 Å². The molecule has 0 saturated carbocycles. The van der Waals surface area contributed by atoms with Crippen LogP contribution in [0.25, 0.3) is 0 Å². The molecule has 2 N–H and O–H groups in total. The molecule has 0 radical (unpaired) electrons. The minimum atomic E-state index is -0.534. The summed E-state index contributed by atoms with van der Waals surface area (Å²) in [6.07, 6.45) is 0.830. The van der Waals surface area contributed by atoms with Crippen LogP contribution in [0.15, 0.2) is 4.52 Å². The summed E-state index contributed by atoms with van der Waals surface area (Å²) in [4.78, 5) is 4.33. The van der Waals surface area contributed by atoms with Crippen molar-refractivity contribution in [3.63, 3.8) is 0 Å². The average Bonchev–Trinajstić information content (AvgIpc) is 2.65. The molecule has 0 spiro atoms. The van der Waals surface area contributed by atoms with Crippen LogP contribution in [0, 0.1) is 5.92 Å². The van der Waals surface area contributed by atoms with Crippen molar-refractivity contribution in [1.29, 1.82) is 0 Å². The summed E-state index contributed by atoms with van der Waals surface area (Å²) in [6, 6.07) is -0.200. The highest BCUT2D eigenvalue weighted by molar-refractivity contribution is 4.99. The van der Waals surface area contributed by atoms with Crippen LogP contribution in [0.4, 0.5) is 0 Å². The molecular weight excluding hydrogens is 218 g/mol. The maximum absolute atomic E-state index is 5.99. The Balaban J connectivity index is 2.77. The summed E-state index contributed by atoms with van der Waals surface area (Å²) in [5.74, 6) is 1.54. The van der Waals surface area contributed by atoms with E-state index in [1.807, 2.05) is 20.8 Å². The minimum Gasteiger partial charge on any atom is -0.368 e. The van der Waals surface area contributed by atoms with Gasteiger partial charge < -0.3 is 15.0 Å². The number of nitrogens with two attached hydrogens (primary N) is 1. The van der Waals surface area contributed by atoms with Crippen molar-refractivity contribution < 1.29 is 9.26 Å². The first-order valence-corrected chi connectivity index (χ1v) is 6.10. The van der Waals surface area contributed by atoms with Gasteiger partial charge in [-0.3, -0.25) is 0 Å². The molecule has 0 amide bonds. The van der Waals surface area contributed by atoms with Gasteiger partial charge in [-0.2, -0.15) is 4.98 Å². The normalized spacial score (nSPS) is 14.3. The second kappa shape index (κ2) is 5.60. The third kappa shape index (κ3) is 3.78. The van der Waals surface area contributed by atoms with Crippen molar-refractivity contribution in [3.05, 3.63) is 11.7 Å². The molecule has 1 unspecified atom stereocenters. The van der Waals surface area contributed by atoms with Crippen molar-refractivity contribution in [1.82, 2.24) is 10.1 Å². The van der Waals surface area contributed by atoms with Crippen molar-refractivity contribution in [2.45, 2.75) is 52.7 Å². The summed E-state index contributed by atoms with van der Waals surface area (Å²) in [7, 11) is 0. The van der Waals surface area contributed by atoms with E-state index in [0.29, 0.717) is 24.2 Å². The molecule has 0 aliphatic heterocycles. The molecule has 0 saturated heterocycles. The highest BCUT2D eigenvalue weighted by Gasteiger charge is 2.28. The maximum Gasteiger partial charge on any atom is 0.243 e. The Kier molecular flexibility index (Phi) is 4.65. The first-order valence-electron chi connectivity index (χ1n) is 6.10. The van der Waals surface area contributed by atoms with E-state index in [1.54, 1.807) is 0 Å². The van der Waals surface area contributed by atoms with Crippen molar-refractivity contribution in [3.8, 4) is 0 Å². The molecule has 17 heavy (non-hydrogen) atoms. The second-order valence-electron chi connectivity index (χ2n) is 5.14. The molecule has 98 valence electrons. The lowest BCUT2D eigenvalue weighted by Crippen LogP contribution is -2.23. The third-order valence-electron chi connectivity index (χ3n) is 2.53. The zero-order chi connectivity index (χ0) is 13.1. The standard InChI is InChI=1S/C12H23N3O2/c1-6-16-12(4,5)11-14-10(17-15-11)9(13)7-8(2)3/h8-9H,6-7,13H2,1-5H3. The Bertz CT molecular complexity index is 347. The smallest absolute Gasteiger partial charge is 0.243 e. The van der Waals surface area contributed by atoms with Gasteiger partial charge in [0.2, 0.25) is 11.7 Å². The van der Waals surface area contributed by atoms with Gasteiger partial charge in [-0.25, -0.2) is 0 Å². The molecule has 1 aromatic rings. The zero-order valence-electron chi connectivity index (χ0n) is 11.4. The van der Waals surface area contributed by atoms with Gasteiger partial charge in [0.1, 0.15) is 5.60 Å². The van der Waals surface area contributed by atoms with Gasteiger partial charge in [-0.1, -0.05) is 19.0 Å². The summed E-state index contributed by atoms with van der Waals surface area (Å²) >= 11 is 0. The predicted molar refractivity (Wildman–Crippen MR) is 65.3 cm³/mol. The monoisotopic (exact) mass is 241 g/mol. The van der Waals surface area contributed by atoms with Gasteiger partial charge in [0.05, 0.1) is 6.04 Å². The summed E-state index contributed by atoms with van der Waals surface area (Å²) in [5, 5.41) is 3.94. The molecule has 1 atom stereocenters. The lowest BCUT2D eigenvalue weighted by atomic mass is 10.0. The summed E-state index contributed by atoms with van der Waals surface area (Å²) in [6.45, 7) is 10.6. The minimum absolute atomic E-state index is 0.200. The highest BCUT2D eigenvalue weighted by atomic mass is 16.5. The van der Waals surface area contributed by atoms with Gasteiger partial charge in [0.25, 0.3) is 0 Å². The van der Waals surface area contributed by atoms with Gasteiger partial charge in [-0.05, 0) is 33.1 Å². The summed E-state index contributed by atoms with van der Waals surface area (Å²) in [5.41, 5.74) is 5.46. The summed E-state index contributed by atoms with van der Waals surface area (Å²) < 4.78 is 10.8. The molecular formula is C12H23N3O2. The van der Waals surface area contributed by atoms with Crippen LogP contribution in [0.5, 0.6) is 0 Å².